The molecule has 132 valence electrons. The van der Waals surface area contributed by atoms with Gasteiger partial charge in [-0.25, -0.2) is 13.1 Å². The lowest BCUT2D eigenvalue weighted by molar-refractivity contribution is 0.200. The molecule has 4 rings (SSSR count). The summed E-state index contributed by atoms with van der Waals surface area (Å²) in [6.45, 7) is 2.58. The van der Waals surface area contributed by atoms with Gasteiger partial charge in [-0.05, 0) is 18.9 Å². The summed E-state index contributed by atoms with van der Waals surface area (Å²) in [5, 5.41) is 2.30. The minimum atomic E-state index is -3.13. The zero-order chi connectivity index (χ0) is 17.4. The Morgan fingerprint density at radius 3 is 2.56 bits per heavy atom. The highest BCUT2D eigenvalue weighted by molar-refractivity contribution is 7.88. The summed E-state index contributed by atoms with van der Waals surface area (Å²) in [6.07, 6.45) is 2.90. The van der Waals surface area contributed by atoms with Gasteiger partial charge in [0.15, 0.2) is 0 Å². The Hall–Kier alpha value is -1.89. The van der Waals surface area contributed by atoms with E-state index in [1.165, 1.54) is 11.8 Å². The highest BCUT2D eigenvalue weighted by Gasteiger charge is 2.22. The van der Waals surface area contributed by atoms with Crippen molar-refractivity contribution >= 4 is 32.0 Å². The smallest absolute Gasteiger partial charge is 0.208 e. The summed E-state index contributed by atoms with van der Waals surface area (Å²) in [7, 11) is -3.13. The molecule has 1 saturated heterocycles. The van der Waals surface area contributed by atoms with Crippen molar-refractivity contribution in [2.75, 3.05) is 19.3 Å². The molecule has 1 aromatic heterocycles. The molecule has 0 atom stereocenters. The van der Waals surface area contributed by atoms with Gasteiger partial charge in [0, 0.05) is 42.0 Å². The zero-order valence-electron chi connectivity index (χ0n) is 14.2. The minimum absolute atomic E-state index is 0.0493. The third-order valence-electron chi connectivity index (χ3n) is 4.85. The molecule has 0 amide bonds. The van der Waals surface area contributed by atoms with Gasteiger partial charge in [0.25, 0.3) is 0 Å². The Morgan fingerprint density at radius 1 is 1.08 bits per heavy atom. The van der Waals surface area contributed by atoms with Crippen molar-refractivity contribution < 1.29 is 12.8 Å². The summed E-state index contributed by atoms with van der Waals surface area (Å²) >= 11 is 0. The van der Waals surface area contributed by atoms with Crippen LogP contribution in [0.2, 0.25) is 0 Å². The van der Waals surface area contributed by atoms with E-state index in [1.54, 1.807) is 0 Å². The maximum atomic E-state index is 11.4. The molecule has 1 aliphatic heterocycles. The van der Waals surface area contributed by atoms with Crippen LogP contribution in [-0.2, 0) is 16.6 Å². The average molecular weight is 358 g/mol. The second kappa shape index (κ2) is 6.44. The third kappa shape index (κ3) is 3.56. The van der Waals surface area contributed by atoms with E-state index in [0.29, 0.717) is 0 Å². The normalized spacial score (nSPS) is 17.5. The Bertz CT molecular complexity index is 1000. The molecular weight excluding hydrogens is 336 g/mol. The molecule has 0 unspecified atom stereocenters. The fraction of sp³-hybridized carbons (Fsp3) is 0.368. The van der Waals surface area contributed by atoms with Gasteiger partial charge >= 0.3 is 0 Å². The average Bonchev–Trinajstić information content (AvgIpc) is 2.95. The molecule has 0 bridgehead atoms. The molecule has 3 aromatic rings. The van der Waals surface area contributed by atoms with E-state index < -0.39 is 10.0 Å². The van der Waals surface area contributed by atoms with Gasteiger partial charge < -0.3 is 4.42 Å². The maximum absolute atomic E-state index is 11.4. The lowest BCUT2D eigenvalue weighted by Gasteiger charge is -2.31. The molecule has 0 aliphatic carbocycles. The second-order valence-corrected chi connectivity index (χ2v) is 8.61. The number of likely N-dealkylation sites (tertiary alicyclic amines) is 1. The zero-order valence-corrected chi connectivity index (χ0v) is 15.1. The van der Waals surface area contributed by atoms with Crippen LogP contribution in [0.3, 0.4) is 0 Å². The van der Waals surface area contributed by atoms with Crippen molar-refractivity contribution in [3.05, 3.63) is 48.0 Å². The largest absolute Gasteiger partial charge is 0.456 e. The number of benzene rings is 2. The number of para-hydroxylation sites is 2. The Kier molecular flexibility index (Phi) is 4.27. The number of sulfonamides is 1. The fourth-order valence-electron chi connectivity index (χ4n) is 3.68. The van der Waals surface area contributed by atoms with Gasteiger partial charge in [-0.1, -0.05) is 36.4 Å². The standard InChI is InChI=1S/C19H22N2O3S/c1-25(22,23)20-15-9-11-21(12-10-15)13-14-5-4-7-17-16-6-2-3-8-18(16)24-19(14)17/h2-8,15,20H,9-13H2,1H3. The van der Waals surface area contributed by atoms with Crippen molar-refractivity contribution in [1.29, 1.82) is 0 Å². The molecule has 1 aliphatic rings. The molecule has 0 saturated carbocycles. The summed E-state index contributed by atoms with van der Waals surface area (Å²) in [4.78, 5) is 2.36. The van der Waals surface area contributed by atoms with Crippen LogP contribution in [0.5, 0.6) is 0 Å². The first-order valence-corrected chi connectivity index (χ1v) is 10.5. The van der Waals surface area contributed by atoms with Gasteiger partial charge in [-0.2, -0.15) is 0 Å². The van der Waals surface area contributed by atoms with Crippen molar-refractivity contribution in [2.45, 2.75) is 25.4 Å². The Labute approximate surface area is 147 Å². The molecule has 2 aromatic carbocycles. The van der Waals surface area contributed by atoms with Gasteiger partial charge in [-0.15, -0.1) is 0 Å². The fourth-order valence-corrected chi connectivity index (χ4v) is 4.52. The van der Waals surface area contributed by atoms with Crippen molar-refractivity contribution in [3.8, 4) is 0 Å². The predicted octanol–water partition coefficient (Wildman–Crippen LogP) is 3.10. The van der Waals surface area contributed by atoms with Gasteiger partial charge in [0.1, 0.15) is 11.2 Å². The molecular formula is C19H22N2O3S. The van der Waals surface area contributed by atoms with E-state index in [2.05, 4.69) is 33.9 Å². The van der Waals surface area contributed by atoms with E-state index in [-0.39, 0.29) is 6.04 Å². The molecule has 6 heteroatoms. The number of hydrogen-bond acceptors (Lipinski definition) is 4. The van der Waals surface area contributed by atoms with Crippen molar-refractivity contribution in [1.82, 2.24) is 9.62 Å². The van der Waals surface area contributed by atoms with Crippen molar-refractivity contribution in [2.24, 2.45) is 0 Å². The molecule has 0 radical (unpaired) electrons. The van der Waals surface area contributed by atoms with Crippen LogP contribution in [0.15, 0.2) is 46.9 Å². The third-order valence-corrected chi connectivity index (χ3v) is 5.61. The van der Waals surface area contributed by atoms with Crippen LogP contribution in [0, 0.1) is 0 Å². The second-order valence-electron chi connectivity index (χ2n) is 6.83. The first kappa shape index (κ1) is 16.6. The summed E-state index contributed by atoms with van der Waals surface area (Å²) < 4.78 is 31.5. The molecule has 1 N–H and O–H groups in total. The van der Waals surface area contributed by atoms with Crippen LogP contribution in [0.4, 0.5) is 0 Å². The first-order valence-electron chi connectivity index (χ1n) is 8.58. The van der Waals surface area contributed by atoms with Crippen LogP contribution >= 0.6 is 0 Å². The van der Waals surface area contributed by atoms with E-state index >= 15 is 0 Å². The van der Waals surface area contributed by atoms with E-state index in [4.69, 9.17) is 4.42 Å². The minimum Gasteiger partial charge on any atom is -0.456 e. The van der Waals surface area contributed by atoms with Crippen LogP contribution < -0.4 is 4.72 Å². The lowest BCUT2D eigenvalue weighted by atomic mass is 10.0. The monoisotopic (exact) mass is 358 g/mol. The van der Waals surface area contributed by atoms with Gasteiger partial charge in [-0.3, -0.25) is 4.90 Å². The lowest BCUT2D eigenvalue weighted by Crippen LogP contribution is -2.43. The van der Waals surface area contributed by atoms with Crippen LogP contribution in [0.25, 0.3) is 21.9 Å². The SMILES string of the molecule is CS(=O)(=O)NC1CCN(Cc2cccc3c2oc2ccccc23)CC1. The Balaban J connectivity index is 1.52. The topological polar surface area (TPSA) is 62.6 Å². The molecule has 1 fully saturated rings. The van der Waals surface area contributed by atoms with Gasteiger partial charge in [0.2, 0.25) is 10.0 Å². The summed E-state index contributed by atoms with van der Waals surface area (Å²) in [5.41, 5.74) is 3.06. The highest BCUT2D eigenvalue weighted by Crippen LogP contribution is 2.31. The van der Waals surface area contributed by atoms with E-state index in [0.717, 1.165) is 54.4 Å². The molecule has 0 spiro atoms. The van der Waals surface area contributed by atoms with Crippen LogP contribution in [0.1, 0.15) is 18.4 Å². The van der Waals surface area contributed by atoms with Gasteiger partial charge in [0.05, 0.1) is 6.26 Å². The number of rotatable bonds is 4. The molecule has 2 heterocycles. The van der Waals surface area contributed by atoms with E-state index in [9.17, 15) is 8.42 Å². The Morgan fingerprint density at radius 2 is 1.80 bits per heavy atom. The summed E-state index contributed by atoms with van der Waals surface area (Å²) in [6, 6.07) is 14.5. The van der Waals surface area contributed by atoms with Crippen molar-refractivity contribution in [3.63, 3.8) is 0 Å². The quantitative estimate of drug-likeness (QED) is 0.778. The summed E-state index contributed by atoms with van der Waals surface area (Å²) in [5.74, 6) is 0. The number of piperidine rings is 1. The number of hydrogen-bond donors (Lipinski definition) is 1. The van der Waals surface area contributed by atoms with E-state index in [1.807, 2.05) is 18.2 Å². The maximum Gasteiger partial charge on any atom is 0.208 e. The number of nitrogens with one attached hydrogen (secondary N) is 1. The number of nitrogens with zero attached hydrogens (tertiary/aromatic N) is 1. The number of furan rings is 1. The predicted molar refractivity (Wildman–Crippen MR) is 100.0 cm³/mol. The first-order chi connectivity index (χ1) is 12.0. The molecule has 25 heavy (non-hydrogen) atoms. The highest BCUT2D eigenvalue weighted by atomic mass is 32.2. The van der Waals surface area contributed by atoms with Crippen LogP contribution in [-0.4, -0.2) is 38.7 Å². The molecule has 5 nitrogen and oxygen atoms in total. The number of fused-ring (bicyclic) bond motifs is 3.